The number of ether oxygens (including phenoxy) is 1. The van der Waals surface area contributed by atoms with E-state index in [2.05, 4.69) is 49.5 Å². The smallest absolute Gasteiger partial charge is 0.124 e. The molecule has 0 fully saturated rings. The minimum absolute atomic E-state index is 0.211. The van der Waals surface area contributed by atoms with Gasteiger partial charge in [-0.15, -0.1) is 0 Å². The van der Waals surface area contributed by atoms with Gasteiger partial charge in [-0.25, -0.2) is 0 Å². The van der Waals surface area contributed by atoms with E-state index < -0.39 is 0 Å². The number of para-hydroxylation sites is 1. The Bertz CT molecular complexity index is 508. The molecular formula is C16H19NO. The highest BCUT2D eigenvalue weighted by molar-refractivity contribution is 5.48. The molecule has 0 heterocycles. The molecule has 2 heteroatoms. The van der Waals surface area contributed by atoms with Gasteiger partial charge in [-0.3, -0.25) is 0 Å². The number of hydrogen-bond acceptors (Lipinski definition) is 2. The number of rotatable bonds is 4. The van der Waals surface area contributed by atoms with Crippen LogP contribution in [-0.4, -0.2) is 7.11 Å². The Balaban J connectivity index is 2.21. The maximum Gasteiger partial charge on any atom is 0.124 e. The maximum atomic E-state index is 5.44. The van der Waals surface area contributed by atoms with Crippen molar-refractivity contribution in [3.63, 3.8) is 0 Å². The first-order chi connectivity index (χ1) is 8.70. The molecule has 94 valence electrons. The Labute approximate surface area is 109 Å². The largest absolute Gasteiger partial charge is 0.496 e. The third-order valence-corrected chi connectivity index (χ3v) is 3.01. The van der Waals surface area contributed by atoms with Crippen LogP contribution in [0.15, 0.2) is 48.5 Å². The molecule has 1 unspecified atom stereocenters. The molecule has 2 aromatic rings. The van der Waals surface area contributed by atoms with E-state index in [1.807, 2.05) is 18.2 Å². The second-order valence-corrected chi connectivity index (χ2v) is 4.48. The van der Waals surface area contributed by atoms with Crippen LogP contribution in [0.3, 0.4) is 0 Å². The van der Waals surface area contributed by atoms with E-state index in [9.17, 15) is 0 Å². The van der Waals surface area contributed by atoms with Gasteiger partial charge in [0.05, 0.1) is 13.2 Å². The average molecular weight is 241 g/mol. The first-order valence-corrected chi connectivity index (χ1v) is 6.17. The van der Waals surface area contributed by atoms with Crippen molar-refractivity contribution in [1.82, 2.24) is 0 Å². The standard InChI is InChI=1S/C16H19NO/c1-12-9-10-15(16(11-12)18-3)13(2)17-14-7-5-4-6-8-14/h4-11,13,17H,1-3H3. The summed E-state index contributed by atoms with van der Waals surface area (Å²) in [7, 11) is 1.72. The first-order valence-electron chi connectivity index (χ1n) is 6.17. The molecule has 0 amide bonds. The predicted octanol–water partition coefficient (Wildman–Crippen LogP) is 4.18. The van der Waals surface area contributed by atoms with E-state index in [0.717, 1.165) is 11.4 Å². The van der Waals surface area contributed by atoms with Crippen LogP contribution < -0.4 is 10.1 Å². The lowest BCUT2D eigenvalue weighted by Crippen LogP contribution is -2.08. The Morgan fingerprint density at radius 1 is 1.06 bits per heavy atom. The molecule has 0 saturated heterocycles. The van der Waals surface area contributed by atoms with Gasteiger partial charge in [0, 0.05) is 11.3 Å². The van der Waals surface area contributed by atoms with Crippen LogP contribution in [0.25, 0.3) is 0 Å². The van der Waals surface area contributed by atoms with Crippen molar-refractivity contribution < 1.29 is 4.74 Å². The van der Waals surface area contributed by atoms with Crippen molar-refractivity contribution in [3.05, 3.63) is 59.7 Å². The van der Waals surface area contributed by atoms with Gasteiger partial charge in [-0.2, -0.15) is 0 Å². The van der Waals surface area contributed by atoms with E-state index in [0.29, 0.717) is 0 Å². The number of benzene rings is 2. The Kier molecular flexibility index (Phi) is 3.88. The number of hydrogen-bond donors (Lipinski definition) is 1. The van der Waals surface area contributed by atoms with Crippen molar-refractivity contribution in [3.8, 4) is 5.75 Å². The average Bonchev–Trinajstić information content (AvgIpc) is 2.39. The van der Waals surface area contributed by atoms with E-state index in [1.165, 1.54) is 11.1 Å². The normalized spacial score (nSPS) is 11.9. The van der Waals surface area contributed by atoms with E-state index in [4.69, 9.17) is 4.74 Å². The van der Waals surface area contributed by atoms with Gasteiger partial charge in [0.1, 0.15) is 5.75 Å². The molecule has 0 bridgehead atoms. The van der Waals surface area contributed by atoms with E-state index in [-0.39, 0.29) is 6.04 Å². The summed E-state index contributed by atoms with van der Waals surface area (Å²) in [5.41, 5.74) is 3.50. The van der Waals surface area contributed by atoms with Gasteiger partial charge in [-0.05, 0) is 37.6 Å². The SMILES string of the molecule is COc1cc(C)ccc1C(C)Nc1ccccc1. The Morgan fingerprint density at radius 3 is 2.44 bits per heavy atom. The molecule has 1 atom stereocenters. The summed E-state index contributed by atoms with van der Waals surface area (Å²) in [4.78, 5) is 0. The Morgan fingerprint density at radius 2 is 1.78 bits per heavy atom. The molecule has 0 aliphatic heterocycles. The molecule has 18 heavy (non-hydrogen) atoms. The lowest BCUT2D eigenvalue weighted by molar-refractivity contribution is 0.407. The van der Waals surface area contributed by atoms with Gasteiger partial charge in [0.15, 0.2) is 0 Å². The van der Waals surface area contributed by atoms with Crippen molar-refractivity contribution in [2.45, 2.75) is 19.9 Å². The summed E-state index contributed by atoms with van der Waals surface area (Å²) >= 11 is 0. The molecule has 0 saturated carbocycles. The molecule has 0 aliphatic rings. The van der Waals surface area contributed by atoms with Gasteiger partial charge in [-0.1, -0.05) is 30.3 Å². The third-order valence-electron chi connectivity index (χ3n) is 3.01. The monoisotopic (exact) mass is 241 g/mol. The maximum absolute atomic E-state index is 5.44. The zero-order chi connectivity index (χ0) is 13.0. The minimum Gasteiger partial charge on any atom is -0.496 e. The summed E-state index contributed by atoms with van der Waals surface area (Å²) in [6.07, 6.45) is 0. The molecule has 1 N–H and O–H groups in total. The highest BCUT2D eigenvalue weighted by Crippen LogP contribution is 2.28. The summed E-state index contributed by atoms with van der Waals surface area (Å²) in [5, 5.41) is 3.47. The zero-order valence-corrected chi connectivity index (χ0v) is 11.1. The summed E-state index contributed by atoms with van der Waals surface area (Å²) in [6.45, 7) is 4.21. The highest BCUT2D eigenvalue weighted by Gasteiger charge is 2.11. The quantitative estimate of drug-likeness (QED) is 0.867. The van der Waals surface area contributed by atoms with Crippen molar-refractivity contribution >= 4 is 5.69 Å². The van der Waals surface area contributed by atoms with Crippen LogP contribution in [-0.2, 0) is 0 Å². The lowest BCUT2D eigenvalue weighted by Gasteiger charge is -2.18. The van der Waals surface area contributed by atoms with Gasteiger partial charge < -0.3 is 10.1 Å². The minimum atomic E-state index is 0.211. The highest BCUT2D eigenvalue weighted by atomic mass is 16.5. The fourth-order valence-electron chi connectivity index (χ4n) is 2.04. The van der Waals surface area contributed by atoms with Crippen LogP contribution in [0.2, 0.25) is 0 Å². The second kappa shape index (κ2) is 5.58. The van der Waals surface area contributed by atoms with Gasteiger partial charge in [0.2, 0.25) is 0 Å². The topological polar surface area (TPSA) is 21.3 Å². The fraction of sp³-hybridized carbons (Fsp3) is 0.250. The van der Waals surface area contributed by atoms with Crippen molar-refractivity contribution in [1.29, 1.82) is 0 Å². The fourth-order valence-corrected chi connectivity index (χ4v) is 2.04. The van der Waals surface area contributed by atoms with Gasteiger partial charge in [0.25, 0.3) is 0 Å². The summed E-state index contributed by atoms with van der Waals surface area (Å²) < 4.78 is 5.44. The van der Waals surface area contributed by atoms with Crippen LogP contribution >= 0.6 is 0 Å². The third kappa shape index (κ3) is 2.83. The number of anilines is 1. The molecule has 0 aromatic heterocycles. The second-order valence-electron chi connectivity index (χ2n) is 4.48. The van der Waals surface area contributed by atoms with Crippen molar-refractivity contribution in [2.75, 3.05) is 12.4 Å². The van der Waals surface area contributed by atoms with Crippen LogP contribution in [0.4, 0.5) is 5.69 Å². The molecule has 2 aromatic carbocycles. The van der Waals surface area contributed by atoms with Crippen LogP contribution in [0, 0.1) is 6.92 Å². The predicted molar refractivity (Wildman–Crippen MR) is 76.2 cm³/mol. The molecular weight excluding hydrogens is 222 g/mol. The number of methoxy groups -OCH3 is 1. The van der Waals surface area contributed by atoms with E-state index in [1.54, 1.807) is 7.11 Å². The van der Waals surface area contributed by atoms with Gasteiger partial charge >= 0.3 is 0 Å². The zero-order valence-electron chi connectivity index (χ0n) is 11.1. The summed E-state index contributed by atoms with van der Waals surface area (Å²) in [6, 6.07) is 16.7. The number of nitrogens with one attached hydrogen (secondary N) is 1. The molecule has 0 radical (unpaired) electrons. The molecule has 2 nitrogen and oxygen atoms in total. The van der Waals surface area contributed by atoms with Crippen LogP contribution in [0.1, 0.15) is 24.1 Å². The van der Waals surface area contributed by atoms with E-state index >= 15 is 0 Å². The Hall–Kier alpha value is -1.96. The lowest BCUT2D eigenvalue weighted by atomic mass is 10.0. The molecule has 0 aliphatic carbocycles. The first kappa shape index (κ1) is 12.5. The molecule has 0 spiro atoms. The molecule has 2 rings (SSSR count). The van der Waals surface area contributed by atoms with Crippen molar-refractivity contribution in [2.24, 2.45) is 0 Å². The number of aryl methyl sites for hydroxylation is 1. The summed E-state index contributed by atoms with van der Waals surface area (Å²) in [5.74, 6) is 0.936. The van der Waals surface area contributed by atoms with Crippen LogP contribution in [0.5, 0.6) is 5.75 Å².